The third kappa shape index (κ3) is 5.15. The number of ketones is 1. The lowest BCUT2D eigenvalue weighted by molar-refractivity contribution is -0.130. The Morgan fingerprint density at radius 3 is 2.42 bits per heavy atom. The number of amides is 1. The van der Waals surface area contributed by atoms with Gasteiger partial charge in [0.05, 0.1) is 6.04 Å². The van der Waals surface area contributed by atoms with Crippen LogP contribution in [0.2, 0.25) is 0 Å². The number of rotatable bonds is 5. The number of nitrogens with one attached hydrogen (secondary N) is 1. The molecule has 1 aliphatic carbocycles. The maximum Gasteiger partial charge on any atom is 0.224 e. The normalized spacial score (nSPS) is 20.5. The van der Waals surface area contributed by atoms with Crippen LogP contribution in [0.3, 0.4) is 0 Å². The Bertz CT molecular complexity index is 577. The lowest BCUT2D eigenvalue weighted by Crippen LogP contribution is -2.49. The van der Waals surface area contributed by atoms with Gasteiger partial charge in [-0.3, -0.25) is 9.59 Å². The third-order valence-electron chi connectivity index (χ3n) is 4.23. The zero-order valence-corrected chi connectivity index (χ0v) is 15.7. The maximum atomic E-state index is 13.3. The van der Waals surface area contributed by atoms with E-state index < -0.39 is 6.04 Å². The van der Waals surface area contributed by atoms with Crippen molar-refractivity contribution in [3.8, 4) is 0 Å². The van der Waals surface area contributed by atoms with Crippen molar-refractivity contribution in [2.24, 2.45) is 11.3 Å². The number of carbonyl (C=O) groups excluding carboxylic acids is 2. The van der Waals surface area contributed by atoms with E-state index in [4.69, 9.17) is 0 Å². The van der Waals surface area contributed by atoms with Crippen molar-refractivity contribution in [1.82, 2.24) is 5.32 Å². The number of benzene rings is 1. The van der Waals surface area contributed by atoms with E-state index in [2.05, 4.69) is 5.32 Å². The molecule has 1 aromatic carbocycles. The molecule has 24 heavy (non-hydrogen) atoms. The van der Waals surface area contributed by atoms with Crippen LogP contribution in [0.15, 0.2) is 24.3 Å². The second kappa shape index (κ2) is 8.41. The van der Waals surface area contributed by atoms with Gasteiger partial charge in [-0.05, 0) is 35.4 Å². The van der Waals surface area contributed by atoms with E-state index in [9.17, 15) is 14.0 Å². The summed E-state index contributed by atoms with van der Waals surface area (Å²) in [6.07, 6.45) is 1.12. The highest BCUT2D eigenvalue weighted by molar-refractivity contribution is 5.91. The van der Waals surface area contributed by atoms with Crippen LogP contribution in [0.5, 0.6) is 0 Å². The second-order valence-corrected chi connectivity index (χ2v) is 7.13. The summed E-state index contributed by atoms with van der Waals surface area (Å²) in [5.74, 6) is -0.429. The highest BCUT2D eigenvalue weighted by Crippen LogP contribution is 2.47. The van der Waals surface area contributed by atoms with Crippen molar-refractivity contribution < 1.29 is 14.0 Å². The van der Waals surface area contributed by atoms with E-state index in [0.717, 1.165) is 5.56 Å². The first-order valence-electron chi connectivity index (χ1n) is 8.82. The van der Waals surface area contributed by atoms with Gasteiger partial charge in [0.25, 0.3) is 0 Å². The van der Waals surface area contributed by atoms with Crippen LogP contribution in [-0.4, -0.2) is 17.7 Å². The van der Waals surface area contributed by atoms with E-state index in [1.165, 1.54) is 12.1 Å². The average Bonchev–Trinajstić information content (AvgIpc) is 3.33. The second-order valence-electron chi connectivity index (χ2n) is 7.13. The quantitative estimate of drug-likeness (QED) is 0.863. The number of carbonyl (C=O) groups is 2. The van der Waals surface area contributed by atoms with Gasteiger partial charge in [-0.2, -0.15) is 0 Å². The molecule has 4 heteroatoms. The van der Waals surface area contributed by atoms with Crippen molar-refractivity contribution in [2.45, 2.75) is 66.3 Å². The molecule has 0 aromatic heterocycles. The van der Waals surface area contributed by atoms with Crippen LogP contribution in [0, 0.1) is 17.2 Å². The number of hydrogen-bond donors (Lipinski definition) is 1. The van der Waals surface area contributed by atoms with E-state index >= 15 is 0 Å². The van der Waals surface area contributed by atoms with Gasteiger partial charge in [0.2, 0.25) is 5.91 Å². The summed E-state index contributed by atoms with van der Waals surface area (Å²) in [7, 11) is 0. The van der Waals surface area contributed by atoms with Crippen LogP contribution in [-0.2, 0) is 9.59 Å². The van der Waals surface area contributed by atoms with Gasteiger partial charge >= 0.3 is 0 Å². The zero-order chi connectivity index (χ0) is 18.5. The minimum absolute atomic E-state index is 0.0452. The predicted octanol–water partition coefficient (Wildman–Crippen LogP) is 4.47. The van der Waals surface area contributed by atoms with Crippen molar-refractivity contribution in [3.05, 3.63) is 35.6 Å². The molecule has 1 aliphatic rings. The minimum atomic E-state index is -0.473. The van der Waals surface area contributed by atoms with Gasteiger partial charge in [0.15, 0.2) is 5.78 Å². The topological polar surface area (TPSA) is 46.2 Å². The molecule has 1 N–H and O–H groups in total. The maximum absolute atomic E-state index is 13.3. The standard InChI is InChI=1S/C18H24FNO2.C2H6/c1-5-15(21)16(18(2,3)4)20-17(22)14-10-13(14)11-7-6-8-12(19)9-11;1-2/h6-9,13-14,16H,5,10H2,1-4H3,(H,20,22);1-2H3/t13-,14+,16?;/m0./s1. The molecule has 0 radical (unpaired) electrons. The van der Waals surface area contributed by atoms with E-state index in [1.807, 2.05) is 40.7 Å². The molecule has 0 heterocycles. The van der Waals surface area contributed by atoms with Gasteiger partial charge in [-0.15, -0.1) is 0 Å². The van der Waals surface area contributed by atoms with E-state index in [-0.39, 0.29) is 34.8 Å². The SMILES string of the molecule is CC.CCC(=O)C(NC(=O)[C@@H]1C[C@H]1c1cccc(F)c1)C(C)(C)C. The average molecular weight is 335 g/mol. The molecule has 1 saturated carbocycles. The molecular formula is C20H30FNO2. The monoisotopic (exact) mass is 335 g/mol. The Morgan fingerprint density at radius 1 is 1.29 bits per heavy atom. The molecule has 1 unspecified atom stereocenters. The third-order valence-corrected chi connectivity index (χ3v) is 4.23. The Hall–Kier alpha value is -1.71. The molecule has 134 valence electrons. The number of Topliss-reactive ketones (excluding diaryl/α,β-unsaturated/α-hetero) is 1. The predicted molar refractivity (Wildman–Crippen MR) is 95.3 cm³/mol. The molecular weight excluding hydrogens is 305 g/mol. The minimum Gasteiger partial charge on any atom is -0.346 e. The first-order valence-corrected chi connectivity index (χ1v) is 8.82. The number of hydrogen-bond acceptors (Lipinski definition) is 2. The fraction of sp³-hybridized carbons (Fsp3) is 0.600. The Labute approximate surface area is 145 Å². The highest BCUT2D eigenvalue weighted by Gasteiger charge is 2.45. The summed E-state index contributed by atoms with van der Waals surface area (Å²) >= 11 is 0. The fourth-order valence-electron chi connectivity index (χ4n) is 2.82. The first-order chi connectivity index (χ1) is 11.2. The summed E-state index contributed by atoms with van der Waals surface area (Å²) < 4.78 is 13.3. The summed E-state index contributed by atoms with van der Waals surface area (Å²) in [4.78, 5) is 24.5. The summed E-state index contributed by atoms with van der Waals surface area (Å²) in [6, 6.07) is 5.92. The molecule has 0 bridgehead atoms. The Kier molecular flexibility index (Phi) is 7.12. The van der Waals surface area contributed by atoms with Crippen LogP contribution in [0.1, 0.15) is 65.9 Å². The van der Waals surface area contributed by atoms with Gasteiger partial charge in [-0.1, -0.05) is 53.7 Å². The van der Waals surface area contributed by atoms with Crippen LogP contribution in [0.25, 0.3) is 0 Å². The van der Waals surface area contributed by atoms with Crippen molar-refractivity contribution in [1.29, 1.82) is 0 Å². The molecule has 0 saturated heterocycles. The molecule has 3 nitrogen and oxygen atoms in total. The smallest absolute Gasteiger partial charge is 0.224 e. The molecule has 2 rings (SSSR count). The Balaban J connectivity index is 0.00000139. The lowest BCUT2D eigenvalue weighted by atomic mass is 9.83. The summed E-state index contributed by atoms with van der Waals surface area (Å²) in [5, 5.41) is 2.90. The fourth-order valence-corrected chi connectivity index (χ4v) is 2.82. The molecule has 0 spiro atoms. The summed E-state index contributed by atoms with van der Waals surface area (Å²) in [5.41, 5.74) is 0.542. The van der Waals surface area contributed by atoms with Gasteiger partial charge in [0, 0.05) is 12.3 Å². The molecule has 3 atom stereocenters. The first kappa shape index (κ1) is 20.3. The van der Waals surface area contributed by atoms with Gasteiger partial charge in [-0.25, -0.2) is 4.39 Å². The van der Waals surface area contributed by atoms with Crippen molar-refractivity contribution in [3.63, 3.8) is 0 Å². The molecule has 1 amide bonds. The van der Waals surface area contributed by atoms with Crippen LogP contribution in [0.4, 0.5) is 4.39 Å². The Morgan fingerprint density at radius 2 is 1.92 bits per heavy atom. The molecule has 1 fully saturated rings. The highest BCUT2D eigenvalue weighted by atomic mass is 19.1. The van der Waals surface area contributed by atoms with Crippen LogP contribution >= 0.6 is 0 Å². The van der Waals surface area contributed by atoms with Crippen molar-refractivity contribution in [2.75, 3.05) is 0 Å². The number of halogens is 1. The lowest BCUT2D eigenvalue weighted by Gasteiger charge is -2.30. The molecule has 0 aliphatic heterocycles. The summed E-state index contributed by atoms with van der Waals surface area (Å²) in [6.45, 7) is 11.6. The largest absolute Gasteiger partial charge is 0.346 e. The molecule has 1 aromatic rings. The van der Waals surface area contributed by atoms with E-state index in [1.54, 1.807) is 13.0 Å². The zero-order valence-electron chi connectivity index (χ0n) is 15.7. The van der Waals surface area contributed by atoms with Gasteiger partial charge < -0.3 is 5.32 Å². The van der Waals surface area contributed by atoms with E-state index in [0.29, 0.717) is 12.8 Å². The van der Waals surface area contributed by atoms with Crippen molar-refractivity contribution >= 4 is 11.7 Å². The van der Waals surface area contributed by atoms with Crippen LogP contribution < -0.4 is 5.32 Å². The van der Waals surface area contributed by atoms with Gasteiger partial charge in [0.1, 0.15) is 5.82 Å².